The minimum absolute atomic E-state index is 0.0148. The van der Waals surface area contributed by atoms with Gasteiger partial charge in [0.05, 0.1) is 12.8 Å². The molecule has 2 rings (SSSR count). The molecule has 0 aromatic heterocycles. The summed E-state index contributed by atoms with van der Waals surface area (Å²) in [5.74, 6) is -5.96. The lowest BCUT2D eigenvalue weighted by atomic mass is 10.1. The number of nitrogens with zero attached hydrogens (tertiary/aromatic N) is 1. The van der Waals surface area contributed by atoms with Crippen molar-refractivity contribution in [2.75, 3.05) is 18.6 Å². The molecule has 0 bridgehead atoms. The first kappa shape index (κ1) is 22.5. The number of amides is 1. The first-order chi connectivity index (χ1) is 13.4. The SMILES string of the molecule is COc1ccc(Cl)cc1N(CC(=O)OC(C)(C)C)C(=O)c1c(F)cc(F)cc1F. The van der Waals surface area contributed by atoms with Crippen LogP contribution in [0.4, 0.5) is 18.9 Å². The lowest BCUT2D eigenvalue weighted by Crippen LogP contribution is -2.40. The van der Waals surface area contributed by atoms with Crippen molar-refractivity contribution in [1.82, 2.24) is 0 Å². The second-order valence-electron chi connectivity index (χ2n) is 7.04. The highest BCUT2D eigenvalue weighted by atomic mass is 35.5. The summed E-state index contributed by atoms with van der Waals surface area (Å²) in [6, 6.07) is 4.93. The summed E-state index contributed by atoms with van der Waals surface area (Å²) in [7, 11) is 1.31. The molecule has 0 radical (unpaired) electrons. The van der Waals surface area contributed by atoms with E-state index in [0.29, 0.717) is 12.1 Å². The van der Waals surface area contributed by atoms with Crippen LogP contribution in [-0.2, 0) is 9.53 Å². The average molecular weight is 430 g/mol. The number of benzene rings is 2. The molecule has 1 amide bonds. The second kappa shape index (κ2) is 8.73. The Morgan fingerprint density at radius 2 is 1.66 bits per heavy atom. The van der Waals surface area contributed by atoms with Gasteiger partial charge in [-0.2, -0.15) is 0 Å². The molecule has 2 aromatic rings. The highest BCUT2D eigenvalue weighted by molar-refractivity contribution is 6.31. The third-order valence-corrected chi connectivity index (χ3v) is 3.84. The first-order valence-electron chi connectivity index (χ1n) is 8.44. The Balaban J connectivity index is 2.58. The van der Waals surface area contributed by atoms with Crippen LogP contribution in [0, 0.1) is 17.5 Å². The molecule has 0 aliphatic heterocycles. The molecule has 156 valence electrons. The molecule has 0 saturated heterocycles. The third kappa shape index (κ3) is 5.63. The minimum Gasteiger partial charge on any atom is -0.495 e. The summed E-state index contributed by atoms with van der Waals surface area (Å²) in [6.45, 7) is 4.17. The van der Waals surface area contributed by atoms with Gasteiger partial charge in [-0.1, -0.05) is 11.6 Å². The van der Waals surface area contributed by atoms with Crippen LogP contribution in [0.2, 0.25) is 5.02 Å². The number of carbonyl (C=O) groups excluding carboxylic acids is 2. The van der Waals surface area contributed by atoms with Gasteiger partial charge in [0.25, 0.3) is 5.91 Å². The molecule has 2 aromatic carbocycles. The van der Waals surface area contributed by atoms with Gasteiger partial charge in [-0.25, -0.2) is 13.2 Å². The summed E-state index contributed by atoms with van der Waals surface area (Å²) in [6.07, 6.45) is 0. The predicted molar refractivity (Wildman–Crippen MR) is 102 cm³/mol. The van der Waals surface area contributed by atoms with Gasteiger partial charge in [0.2, 0.25) is 0 Å². The molecule has 29 heavy (non-hydrogen) atoms. The van der Waals surface area contributed by atoms with Crippen LogP contribution < -0.4 is 9.64 Å². The topological polar surface area (TPSA) is 55.8 Å². The normalized spacial score (nSPS) is 11.2. The summed E-state index contributed by atoms with van der Waals surface area (Å²) in [5.41, 5.74) is -1.91. The Kier molecular flexibility index (Phi) is 6.79. The lowest BCUT2D eigenvalue weighted by molar-refractivity contribution is -0.152. The fourth-order valence-electron chi connectivity index (χ4n) is 2.52. The van der Waals surface area contributed by atoms with Crippen LogP contribution in [0.25, 0.3) is 0 Å². The highest BCUT2D eigenvalue weighted by Gasteiger charge is 2.30. The molecule has 0 unspecified atom stereocenters. The Morgan fingerprint density at radius 1 is 1.07 bits per heavy atom. The van der Waals surface area contributed by atoms with Crippen LogP contribution in [0.3, 0.4) is 0 Å². The average Bonchev–Trinajstić information content (AvgIpc) is 2.57. The Morgan fingerprint density at radius 3 is 2.17 bits per heavy atom. The van der Waals surface area contributed by atoms with Crippen LogP contribution in [0.1, 0.15) is 31.1 Å². The van der Waals surface area contributed by atoms with Crippen LogP contribution in [0.5, 0.6) is 5.75 Å². The molecule has 0 spiro atoms. The van der Waals surface area contributed by atoms with Crippen molar-refractivity contribution < 1.29 is 32.2 Å². The zero-order valence-electron chi connectivity index (χ0n) is 16.2. The molecule has 0 atom stereocenters. The standard InChI is InChI=1S/C20H19ClF3NO4/c1-20(2,3)29-17(26)10-25(15-7-11(21)5-6-16(15)28-4)19(27)18-13(23)8-12(22)9-14(18)24/h5-9H,10H2,1-4H3. The van der Waals surface area contributed by atoms with E-state index in [9.17, 15) is 22.8 Å². The van der Waals surface area contributed by atoms with Crippen molar-refractivity contribution in [3.63, 3.8) is 0 Å². The van der Waals surface area contributed by atoms with Crippen LogP contribution >= 0.6 is 11.6 Å². The molecule has 0 aliphatic carbocycles. The molecule has 5 nitrogen and oxygen atoms in total. The van der Waals surface area contributed by atoms with Gasteiger partial charge in [0.15, 0.2) is 0 Å². The van der Waals surface area contributed by atoms with E-state index in [2.05, 4.69) is 0 Å². The number of halogens is 4. The van der Waals surface area contributed by atoms with Gasteiger partial charge in [-0.05, 0) is 39.0 Å². The monoisotopic (exact) mass is 429 g/mol. The summed E-state index contributed by atoms with van der Waals surface area (Å²) in [5, 5.41) is 0.183. The predicted octanol–water partition coefficient (Wildman–Crippen LogP) is 4.75. The second-order valence-corrected chi connectivity index (χ2v) is 7.47. The maximum Gasteiger partial charge on any atom is 0.326 e. The molecule has 0 saturated carbocycles. The largest absolute Gasteiger partial charge is 0.495 e. The van der Waals surface area contributed by atoms with Crippen molar-refractivity contribution in [2.45, 2.75) is 26.4 Å². The number of ether oxygens (including phenoxy) is 2. The molecular formula is C20H19ClF3NO4. The third-order valence-electron chi connectivity index (χ3n) is 3.60. The zero-order valence-corrected chi connectivity index (χ0v) is 16.9. The Hall–Kier alpha value is -2.74. The van der Waals surface area contributed by atoms with Crippen molar-refractivity contribution in [3.05, 3.63) is 58.4 Å². The Labute approximate surface area is 171 Å². The van der Waals surface area contributed by atoms with E-state index in [0.717, 1.165) is 4.90 Å². The molecule has 9 heteroatoms. The van der Waals surface area contributed by atoms with Gasteiger partial charge < -0.3 is 9.47 Å². The summed E-state index contributed by atoms with van der Waals surface area (Å²) < 4.78 is 52.0. The first-order valence-corrected chi connectivity index (χ1v) is 8.82. The van der Waals surface area contributed by atoms with E-state index in [1.54, 1.807) is 20.8 Å². The number of carbonyl (C=O) groups is 2. The van der Waals surface area contributed by atoms with E-state index >= 15 is 0 Å². The fourth-order valence-corrected chi connectivity index (χ4v) is 2.69. The van der Waals surface area contributed by atoms with E-state index in [1.807, 2.05) is 0 Å². The van der Waals surface area contributed by atoms with Crippen molar-refractivity contribution in [1.29, 1.82) is 0 Å². The quantitative estimate of drug-likeness (QED) is 0.643. The van der Waals surface area contributed by atoms with E-state index in [-0.39, 0.29) is 16.5 Å². The lowest BCUT2D eigenvalue weighted by Gasteiger charge is -2.27. The fraction of sp³-hybridized carbons (Fsp3) is 0.300. The molecular weight excluding hydrogens is 411 g/mol. The number of anilines is 1. The maximum absolute atomic E-state index is 14.2. The van der Waals surface area contributed by atoms with E-state index < -0.39 is 47.0 Å². The Bertz CT molecular complexity index is 921. The molecule has 0 aliphatic rings. The summed E-state index contributed by atoms with van der Waals surface area (Å²) >= 11 is 5.99. The van der Waals surface area contributed by atoms with Gasteiger partial charge in [0.1, 0.15) is 40.9 Å². The molecule has 0 N–H and O–H groups in total. The van der Waals surface area contributed by atoms with Gasteiger partial charge >= 0.3 is 5.97 Å². The maximum atomic E-state index is 14.2. The van der Waals surface area contributed by atoms with E-state index in [4.69, 9.17) is 21.1 Å². The van der Waals surface area contributed by atoms with E-state index in [1.165, 1.54) is 25.3 Å². The molecule has 0 heterocycles. The van der Waals surface area contributed by atoms with Gasteiger partial charge in [0, 0.05) is 17.2 Å². The number of rotatable bonds is 5. The number of methoxy groups -OCH3 is 1. The van der Waals surface area contributed by atoms with Crippen LogP contribution in [0.15, 0.2) is 30.3 Å². The minimum atomic E-state index is -1.41. The van der Waals surface area contributed by atoms with Gasteiger partial charge in [-0.3, -0.25) is 14.5 Å². The number of esters is 1. The van der Waals surface area contributed by atoms with Crippen molar-refractivity contribution in [2.24, 2.45) is 0 Å². The zero-order chi connectivity index (χ0) is 21.9. The smallest absolute Gasteiger partial charge is 0.326 e. The highest BCUT2D eigenvalue weighted by Crippen LogP contribution is 2.33. The van der Waals surface area contributed by atoms with Gasteiger partial charge in [-0.15, -0.1) is 0 Å². The number of hydrogen-bond donors (Lipinski definition) is 0. The van der Waals surface area contributed by atoms with Crippen molar-refractivity contribution in [3.8, 4) is 5.75 Å². The summed E-state index contributed by atoms with van der Waals surface area (Å²) in [4.78, 5) is 26.1. The van der Waals surface area contributed by atoms with Crippen LogP contribution in [-0.4, -0.2) is 31.1 Å². The number of hydrogen-bond acceptors (Lipinski definition) is 4. The molecule has 0 fully saturated rings. The van der Waals surface area contributed by atoms with Crippen molar-refractivity contribution >= 4 is 29.2 Å².